The maximum Gasteiger partial charge on any atom is 0.315 e. The van der Waals surface area contributed by atoms with Crippen LogP contribution in [0.2, 0.25) is 4.34 Å². The second-order valence-corrected chi connectivity index (χ2v) is 6.85. The van der Waals surface area contributed by atoms with Crippen molar-refractivity contribution in [2.24, 2.45) is 0 Å². The van der Waals surface area contributed by atoms with Crippen molar-refractivity contribution >= 4 is 40.3 Å². The van der Waals surface area contributed by atoms with Crippen molar-refractivity contribution in [2.45, 2.75) is 25.9 Å². The number of carbonyl (C=O) groups excluding carboxylic acids is 1. The minimum atomic E-state index is -0.146. The number of amides is 2. The average molecular weight is 315 g/mol. The molecule has 0 bridgehead atoms. The number of hydrogen-bond donors (Lipinski definition) is 2. The summed E-state index contributed by atoms with van der Waals surface area (Å²) < 4.78 is 0.739. The molecule has 2 aromatic heterocycles. The van der Waals surface area contributed by atoms with E-state index in [1.54, 1.807) is 11.3 Å². The van der Waals surface area contributed by atoms with E-state index in [9.17, 15) is 4.79 Å². The van der Waals surface area contributed by atoms with E-state index in [2.05, 4.69) is 22.1 Å². The third-order valence-corrected chi connectivity index (χ3v) is 4.51. The van der Waals surface area contributed by atoms with Crippen molar-refractivity contribution in [3.8, 4) is 0 Å². The van der Waals surface area contributed by atoms with Crippen LogP contribution >= 0.6 is 34.3 Å². The summed E-state index contributed by atoms with van der Waals surface area (Å²) in [7, 11) is 0. The monoisotopic (exact) mass is 314 g/mol. The second kappa shape index (κ2) is 6.93. The van der Waals surface area contributed by atoms with E-state index in [-0.39, 0.29) is 12.1 Å². The van der Waals surface area contributed by atoms with Gasteiger partial charge in [0.25, 0.3) is 0 Å². The molecule has 2 N–H and O–H groups in total. The molecule has 0 aliphatic carbocycles. The van der Waals surface area contributed by atoms with E-state index in [4.69, 9.17) is 11.6 Å². The fourth-order valence-electron chi connectivity index (χ4n) is 1.70. The highest BCUT2D eigenvalue weighted by atomic mass is 35.5. The lowest BCUT2D eigenvalue weighted by molar-refractivity contribution is 0.237. The van der Waals surface area contributed by atoms with Crippen molar-refractivity contribution in [1.29, 1.82) is 0 Å². The van der Waals surface area contributed by atoms with Crippen LogP contribution in [-0.4, -0.2) is 12.1 Å². The molecule has 0 fully saturated rings. The van der Waals surface area contributed by atoms with Crippen LogP contribution in [0.15, 0.2) is 29.0 Å². The number of nitrogens with one attached hydrogen (secondary N) is 2. The molecule has 0 radical (unpaired) electrons. The first-order chi connectivity index (χ1) is 9.13. The predicted octanol–water partition coefficient (Wildman–Crippen LogP) is 3.89. The van der Waals surface area contributed by atoms with Gasteiger partial charge >= 0.3 is 6.03 Å². The number of halogens is 1. The van der Waals surface area contributed by atoms with Crippen LogP contribution in [0, 0.1) is 0 Å². The Morgan fingerprint density at radius 2 is 2.26 bits per heavy atom. The van der Waals surface area contributed by atoms with Crippen molar-refractivity contribution in [1.82, 2.24) is 10.6 Å². The molecule has 0 spiro atoms. The van der Waals surface area contributed by atoms with Gasteiger partial charge in [0.05, 0.1) is 10.9 Å². The fourth-order valence-corrected chi connectivity index (χ4v) is 3.41. The van der Waals surface area contributed by atoms with Crippen molar-refractivity contribution < 1.29 is 4.79 Å². The quantitative estimate of drug-likeness (QED) is 0.863. The number of rotatable bonds is 5. The van der Waals surface area contributed by atoms with Crippen LogP contribution in [0.3, 0.4) is 0 Å². The molecule has 0 aliphatic rings. The molecule has 2 rings (SSSR count). The Hall–Kier alpha value is -1.04. The maximum absolute atomic E-state index is 11.7. The Kier molecular flexibility index (Phi) is 5.24. The Morgan fingerprint density at radius 1 is 1.42 bits per heavy atom. The normalized spacial score (nSPS) is 12.1. The molecule has 102 valence electrons. The maximum atomic E-state index is 11.7. The van der Waals surface area contributed by atoms with Gasteiger partial charge in [-0.05, 0) is 47.9 Å². The van der Waals surface area contributed by atoms with Crippen molar-refractivity contribution in [3.05, 3.63) is 43.7 Å². The zero-order valence-electron chi connectivity index (χ0n) is 10.5. The van der Waals surface area contributed by atoms with Gasteiger partial charge in [0.15, 0.2) is 0 Å². The van der Waals surface area contributed by atoms with Gasteiger partial charge in [-0.25, -0.2) is 4.79 Å². The van der Waals surface area contributed by atoms with Gasteiger partial charge in [0.1, 0.15) is 0 Å². The lowest BCUT2D eigenvalue weighted by Crippen LogP contribution is -2.41. The van der Waals surface area contributed by atoms with Crippen LogP contribution in [-0.2, 0) is 13.0 Å². The minimum Gasteiger partial charge on any atom is -0.335 e. The van der Waals surface area contributed by atoms with Crippen molar-refractivity contribution in [2.75, 3.05) is 0 Å². The number of carbonyl (C=O) groups is 1. The minimum absolute atomic E-state index is 0.113. The molecule has 2 heterocycles. The first-order valence-electron chi connectivity index (χ1n) is 5.93. The lowest BCUT2D eigenvalue weighted by atomic mass is 10.1. The molecule has 6 heteroatoms. The summed E-state index contributed by atoms with van der Waals surface area (Å²) in [6.07, 6.45) is 0.849. The summed E-state index contributed by atoms with van der Waals surface area (Å²) in [5.74, 6) is 0. The molecule has 1 atom stereocenters. The number of urea groups is 1. The zero-order chi connectivity index (χ0) is 13.7. The highest BCUT2D eigenvalue weighted by Gasteiger charge is 2.08. The van der Waals surface area contributed by atoms with Crippen molar-refractivity contribution in [3.63, 3.8) is 0 Å². The van der Waals surface area contributed by atoms with Gasteiger partial charge in [-0.1, -0.05) is 11.6 Å². The molecular formula is C13H15ClN2OS2. The van der Waals surface area contributed by atoms with E-state index in [1.165, 1.54) is 16.9 Å². The summed E-state index contributed by atoms with van der Waals surface area (Å²) in [5.41, 5.74) is 1.25. The van der Waals surface area contributed by atoms with E-state index in [1.807, 2.05) is 24.4 Å². The first kappa shape index (κ1) is 14.4. The Bertz CT molecular complexity index is 524. The fraction of sp³-hybridized carbons (Fsp3) is 0.308. The standard InChI is InChI=1S/C13H15ClN2OS2/c1-9(6-10-4-5-18-8-10)16-13(17)15-7-11-2-3-12(14)19-11/h2-5,8-9H,6-7H2,1H3,(H2,15,16,17)/t9-/m0/s1. The molecule has 19 heavy (non-hydrogen) atoms. The Morgan fingerprint density at radius 3 is 2.89 bits per heavy atom. The molecule has 0 unspecified atom stereocenters. The first-order valence-corrected chi connectivity index (χ1v) is 8.07. The molecule has 3 nitrogen and oxygen atoms in total. The highest BCUT2D eigenvalue weighted by Crippen LogP contribution is 2.20. The summed E-state index contributed by atoms with van der Waals surface area (Å²) in [6.45, 7) is 2.51. The van der Waals surface area contributed by atoms with Gasteiger partial charge in [0.2, 0.25) is 0 Å². The van der Waals surface area contributed by atoms with E-state index >= 15 is 0 Å². The van der Waals surface area contributed by atoms with Gasteiger partial charge in [-0.3, -0.25) is 0 Å². The van der Waals surface area contributed by atoms with Crippen LogP contribution < -0.4 is 10.6 Å². The largest absolute Gasteiger partial charge is 0.335 e. The van der Waals surface area contributed by atoms with E-state index < -0.39 is 0 Å². The van der Waals surface area contributed by atoms with Gasteiger partial charge in [-0.15, -0.1) is 11.3 Å². The molecular weight excluding hydrogens is 300 g/mol. The Labute approximate surface area is 125 Å². The summed E-state index contributed by atoms with van der Waals surface area (Å²) in [4.78, 5) is 12.8. The van der Waals surface area contributed by atoms with Gasteiger partial charge < -0.3 is 10.6 Å². The van der Waals surface area contributed by atoms with Crippen LogP contribution in [0.4, 0.5) is 4.79 Å². The van der Waals surface area contributed by atoms with Gasteiger partial charge in [0, 0.05) is 10.9 Å². The topological polar surface area (TPSA) is 41.1 Å². The lowest BCUT2D eigenvalue weighted by Gasteiger charge is -2.13. The number of thiophene rings is 2. The Balaban J connectivity index is 1.71. The molecule has 0 saturated heterocycles. The molecule has 0 aliphatic heterocycles. The van der Waals surface area contributed by atoms with E-state index in [0.717, 1.165) is 15.6 Å². The molecule has 0 saturated carbocycles. The van der Waals surface area contributed by atoms with Gasteiger partial charge in [-0.2, -0.15) is 11.3 Å². The SMILES string of the molecule is C[C@@H](Cc1ccsc1)NC(=O)NCc1ccc(Cl)s1. The number of hydrogen-bond acceptors (Lipinski definition) is 3. The molecule has 2 amide bonds. The predicted molar refractivity (Wildman–Crippen MR) is 82.2 cm³/mol. The van der Waals surface area contributed by atoms with E-state index in [0.29, 0.717) is 6.54 Å². The smallest absolute Gasteiger partial charge is 0.315 e. The summed E-state index contributed by atoms with van der Waals surface area (Å²) >= 11 is 8.98. The third kappa shape index (κ3) is 4.86. The highest BCUT2D eigenvalue weighted by molar-refractivity contribution is 7.16. The second-order valence-electron chi connectivity index (χ2n) is 4.27. The van der Waals surface area contributed by atoms with Crippen LogP contribution in [0.5, 0.6) is 0 Å². The average Bonchev–Trinajstić information content (AvgIpc) is 2.98. The van der Waals surface area contributed by atoms with Crippen LogP contribution in [0.25, 0.3) is 0 Å². The zero-order valence-corrected chi connectivity index (χ0v) is 12.9. The van der Waals surface area contributed by atoms with Crippen LogP contribution in [0.1, 0.15) is 17.4 Å². The molecule has 2 aromatic rings. The third-order valence-electron chi connectivity index (χ3n) is 2.55. The molecule has 0 aromatic carbocycles. The summed E-state index contributed by atoms with van der Waals surface area (Å²) in [6, 6.07) is 5.80. The summed E-state index contributed by atoms with van der Waals surface area (Å²) in [5, 5.41) is 9.89.